The van der Waals surface area contributed by atoms with Crippen molar-refractivity contribution in [2.45, 2.75) is 38.8 Å². The molecule has 7 heteroatoms. The second-order valence-corrected chi connectivity index (χ2v) is 9.97. The Morgan fingerprint density at radius 3 is 2.15 bits per heavy atom. The first kappa shape index (κ1) is 29.5. The van der Waals surface area contributed by atoms with E-state index in [1.807, 2.05) is 42.5 Å². The van der Waals surface area contributed by atoms with Crippen LogP contribution in [0.25, 0.3) is 11.1 Å². The summed E-state index contributed by atoms with van der Waals surface area (Å²) >= 11 is 0. The fourth-order valence-corrected chi connectivity index (χ4v) is 4.67. The molecule has 0 spiro atoms. The van der Waals surface area contributed by atoms with Crippen LogP contribution >= 0.6 is 0 Å². The number of carboxylic acid groups (broad SMARTS) is 2. The lowest BCUT2D eigenvalue weighted by Gasteiger charge is -2.23. The predicted molar refractivity (Wildman–Crippen MR) is 156 cm³/mol. The van der Waals surface area contributed by atoms with Gasteiger partial charge in [0, 0.05) is 19.5 Å². The monoisotopic (exact) mass is 555 g/mol. The van der Waals surface area contributed by atoms with Crippen LogP contribution in [-0.4, -0.2) is 40.1 Å². The van der Waals surface area contributed by atoms with Crippen LogP contribution in [0.5, 0.6) is 5.75 Å². The molecular formula is C34H34FNO5. The van der Waals surface area contributed by atoms with Crippen LogP contribution in [0.3, 0.4) is 0 Å². The summed E-state index contributed by atoms with van der Waals surface area (Å²) in [5, 5.41) is 18.2. The quantitative estimate of drug-likeness (QED) is 0.153. The highest BCUT2D eigenvalue weighted by molar-refractivity contribution is 5.87. The highest BCUT2D eigenvalue weighted by Crippen LogP contribution is 2.23. The van der Waals surface area contributed by atoms with E-state index in [-0.39, 0.29) is 17.8 Å². The van der Waals surface area contributed by atoms with Gasteiger partial charge < -0.3 is 14.9 Å². The van der Waals surface area contributed by atoms with Crippen LogP contribution < -0.4 is 4.74 Å². The highest BCUT2D eigenvalue weighted by atomic mass is 19.1. The van der Waals surface area contributed by atoms with E-state index in [9.17, 15) is 19.1 Å². The van der Waals surface area contributed by atoms with Gasteiger partial charge >= 0.3 is 11.9 Å². The minimum Gasteiger partial charge on any atom is -0.489 e. The molecule has 0 aliphatic carbocycles. The lowest BCUT2D eigenvalue weighted by Crippen LogP contribution is -2.27. The molecule has 0 saturated heterocycles. The number of halogens is 1. The Balaban J connectivity index is 1.40. The standard InChI is InChI=1S/C34H34FNO5/c35-31-16-13-30(24-41-32-17-14-27(15-18-32)26-6-2-1-3-7-26)29(22-31)19-21-36(20-5-4-8-33(37)38)23-25-9-11-28(12-10-25)34(39)40/h1-3,6-7,9-18,22H,4-5,8,19-21,23-24H2,(H,37,38)(H,39,40). The van der Waals surface area contributed by atoms with Crippen LogP contribution in [0.1, 0.15) is 46.3 Å². The molecule has 0 aliphatic rings. The summed E-state index contributed by atoms with van der Waals surface area (Å²) in [5.74, 6) is -1.38. The maximum atomic E-state index is 14.3. The summed E-state index contributed by atoms with van der Waals surface area (Å²) in [4.78, 5) is 24.3. The first-order chi connectivity index (χ1) is 19.9. The van der Waals surface area contributed by atoms with Gasteiger partial charge in [-0.1, -0.05) is 60.7 Å². The Labute approximate surface area is 239 Å². The van der Waals surface area contributed by atoms with Crippen LogP contribution in [0.15, 0.2) is 97.1 Å². The molecule has 4 aromatic rings. The van der Waals surface area contributed by atoms with Crippen LogP contribution in [0.2, 0.25) is 0 Å². The lowest BCUT2D eigenvalue weighted by molar-refractivity contribution is -0.137. The predicted octanol–water partition coefficient (Wildman–Crippen LogP) is 7.07. The average Bonchev–Trinajstić information content (AvgIpc) is 2.98. The molecule has 0 saturated carbocycles. The second-order valence-electron chi connectivity index (χ2n) is 9.97. The van der Waals surface area contributed by atoms with E-state index in [4.69, 9.17) is 9.84 Å². The van der Waals surface area contributed by atoms with Gasteiger partial charge in [0.05, 0.1) is 5.56 Å². The Kier molecular flexibility index (Phi) is 10.6. The van der Waals surface area contributed by atoms with Crippen molar-refractivity contribution in [1.82, 2.24) is 4.90 Å². The third kappa shape index (κ3) is 9.29. The summed E-state index contributed by atoms with van der Waals surface area (Å²) in [5.41, 5.74) is 5.15. The van der Waals surface area contributed by atoms with Crippen molar-refractivity contribution in [3.05, 3.63) is 125 Å². The number of carbonyl (C=O) groups is 2. The van der Waals surface area contributed by atoms with Gasteiger partial charge in [-0.05, 0) is 90.0 Å². The fraction of sp³-hybridized carbons (Fsp3) is 0.235. The zero-order valence-corrected chi connectivity index (χ0v) is 22.8. The molecule has 212 valence electrons. The topological polar surface area (TPSA) is 87.1 Å². The fourth-order valence-electron chi connectivity index (χ4n) is 4.67. The molecule has 4 aromatic carbocycles. The normalized spacial score (nSPS) is 11.0. The third-order valence-electron chi connectivity index (χ3n) is 6.94. The number of carboxylic acids is 2. The number of hydrogen-bond donors (Lipinski definition) is 2. The van der Waals surface area contributed by atoms with Crippen molar-refractivity contribution in [3.8, 4) is 16.9 Å². The van der Waals surface area contributed by atoms with E-state index in [0.29, 0.717) is 45.5 Å². The minimum absolute atomic E-state index is 0.110. The maximum absolute atomic E-state index is 14.3. The summed E-state index contributed by atoms with van der Waals surface area (Å²) in [7, 11) is 0. The van der Waals surface area contributed by atoms with Crippen LogP contribution in [0, 0.1) is 5.82 Å². The van der Waals surface area contributed by atoms with E-state index in [1.165, 1.54) is 6.07 Å². The molecular weight excluding hydrogens is 521 g/mol. The van der Waals surface area contributed by atoms with Gasteiger partial charge in [0.1, 0.15) is 18.2 Å². The molecule has 0 fully saturated rings. The van der Waals surface area contributed by atoms with Crippen molar-refractivity contribution >= 4 is 11.9 Å². The van der Waals surface area contributed by atoms with Gasteiger partial charge in [-0.3, -0.25) is 9.69 Å². The molecule has 0 unspecified atom stereocenters. The van der Waals surface area contributed by atoms with E-state index in [2.05, 4.69) is 17.0 Å². The molecule has 0 aromatic heterocycles. The van der Waals surface area contributed by atoms with E-state index in [0.717, 1.165) is 33.6 Å². The van der Waals surface area contributed by atoms with E-state index >= 15 is 0 Å². The summed E-state index contributed by atoms with van der Waals surface area (Å²) in [6, 6.07) is 29.5. The van der Waals surface area contributed by atoms with Gasteiger partial charge in [-0.2, -0.15) is 0 Å². The number of unbranched alkanes of at least 4 members (excludes halogenated alkanes) is 1. The third-order valence-corrected chi connectivity index (χ3v) is 6.94. The van der Waals surface area contributed by atoms with Gasteiger partial charge in [0.2, 0.25) is 0 Å². The Bertz CT molecular complexity index is 1420. The average molecular weight is 556 g/mol. The molecule has 4 rings (SSSR count). The van der Waals surface area contributed by atoms with Crippen molar-refractivity contribution < 1.29 is 28.9 Å². The summed E-state index contributed by atoms with van der Waals surface area (Å²) in [6.45, 7) is 2.16. The van der Waals surface area contributed by atoms with Crippen LogP contribution in [-0.2, 0) is 24.4 Å². The number of hydrogen-bond acceptors (Lipinski definition) is 4. The molecule has 6 nitrogen and oxygen atoms in total. The van der Waals surface area contributed by atoms with Gasteiger partial charge in [0.25, 0.3) is 0 Å². The van der Waals surface area contributed by atoms with Crippen molar-refractivity contribution in [1.29, 1.82) is 0 Å². The SMILES string of the molecule is O=C(O)CCCCN(CCc1cc(F)ccc1COc1ccc(-c2ccccc2)cc1)Cc1ccc(C(=O)O)cc1. The smallest absolute Gasteiger partial charge is 0.335 e. The number of rotatable bonds is 15. The number of benzene rings is 4. The Hall–Kier alpha value is -4.49. The number of ether oxygens (including phenoxy) is 1. The first-order valence-electron chi connectivity index (χ1n) is 13.7. The minimum atomic E-state index is -0.977. The second kappa shape index (κ2) is 14.8. The molecule has 0 amide bonds. The zero-order valence-electron chi connectivity index (χ0n) is 22.8. The van der Waals surface area contributed by atoms with E-state index < -0.39 is 11.9 Å². The number of aromatic carboxylic acids is 1. The number of nitrogens with zero attached hydrogens (tertiary/aromatic N) is 1. The summed E-state index contributed by atoms with van der Waals surface area (Å²) < 4.78 is 20.3. The maximum Gasteiger partial charge on any atom is 0.335 e. The molecule has 0 aliphatic heterocycles. The first-order valence-corrected chi connectivity index (χ1v) is 13.7. The van der Waals surface area contributed by atoms with Crippen molar-refractivity contribution in [2.75, 3.05) is 13.1 Å². The Morgan fingerprint density at radius 2 is 1.46 bits per heavy atom. The molecule has 41 heavy (non-hydrogen) atoms. The molecule has 0 atom stereocenters. The van der Waals surface area contributed by atoms with E-state index in [1.54, 1.807) is 36.4 Å². The van der Waals surface area contributed by atoms with Gasteiger partial charge in [-0.25, -0.2) is 9.18 Å². The zero-order chi connectivity index (χ0) is 29.0. The molecule has 0 bridgehead atoms. The lowest BCUT2D eigenvalue weighted by atomic mass is 10.0. The Morgan fingerprint density at radius 1 is 0.756 bits per heavy atom. The van der Waals surface area contributed by atoms with Gasteiger partial charge in [-0.15, -0.1) is 0 Å². The van der Waals surface area contributed by atoms with Crippen molar-refractivity contribution in [2.24, 2.45) is 0 Å². The number of aliphatic carboxylic acids is 1. The summed E-state index contributed by atoms with van der Waals surface area (Å²) in [6.07, 6.45) is 1.96. The largest absolute Gasteiger partial charge is 0.489 e. The molecule has 0 heterocycles. The molecule has 0 radical (unpaired) electrons. The van der Waals surface area contributed by atoms with Crippen molar-refractivity contribution in [3.63, 3.8) is 0 Å². The van der Waals surface area contributed by atoms with Gasteiger partial charge in [0.15, 0.2) is 0 Å². The highest BCUT2D eigenvalue weighted by Gasteiger charge is 2.12. The van der Waals surface area contributed by atoms with Crippen LogP contribution in [0.4, 0.5) is 4.39 Å². The molecule has 2 N–H and O–H groups in total.